The molecule has 9 nitrogen and oxygen atoms in total. The molecule has 3 unspecified atom stereocenters. The van der Waals surface area contributed by atoms with Gasteiger partial charge in [0.05, 0.1) is 23.7 Å². The Balaban J connectivity index is 1.37. The number of aliphatic hydroxyl groups excluding tert-OH is 1. The van der Waals surface area contributed by atoms with Crippen LogP contribution in [-0.4, -0.2) is 43.6 Å². The van der Waals surface area contributed by atoms with Crippen LogP contribution in [0.4, 0.5) is 10.1 Å². The minimum atomic E-state index is -1.53. The van der Waals surface area contributed by atoms with E-state index in [0.717, 1.165) is 24.8 Å². The topological polar surface area (TPSA) is 141 Å². The molecule has 42 heavy (non-hydrogen) atoms. The minimum Gasteiger partial charge on any atom is -0.451 e. The molecule has 2 aromatic rings. The van der Waals surface area contributed by atoms with E-state index in [0.29, 0.717) is 24.2 Å². The summed E-state index contributed by atoms with van der Waals surface area (Å²) in [5, 5.41) is 11.4. The average molecular weight is 595 g/mol. The largest absolute Gasteiger partial charge is 0.451 e. The van der Waals surface area contributed by atoms with Crippen LogP contribution in [0, 0.1) is 40.4 Å². The number of pyridine rings is 1. The molecule has 3 saturated carbocycles. The lowest BCUT2D eigenvalue weighted by Gasteiger charge is -2.60. The monoisotopic (exact) mass is 594 g/mol. The van der Waals surface area contributed by atoms with E-state index in [1.807, 2.05) is 13.8 Å². The first-order chi connectivity index (χ1) is 19.9. The molecule has 2 heterocycles. The Morgan fingerprint density at radius 1 is 1.31 bits per heavy atom. The standard InChI is InChI=1S/C31H35FN4O5S/c1-16-8-21-20-6-4-18-9-22(36-19-5-7-25(32)34-13-19)17(12-33)10-29(18,2)26(20)24(37)11-30(21,3)31(16,28(39)42)41-27(38)23-14-40-15-35-23/h5,7,9,12-16,20-21,24,26,37H,4,6,8,10-11,33H2,1-3H3,(H,39,42)/t16-,20+,21?,24?,26?,29+,30+,31+/m1/s1. The zero-order valence-corrected chi connectivity index (χ0v) is 24.7. The van der Waals surface area contributed by atoms with Gasteiger partial charge in [-0.25, -0.2) is 19.8 Å². The normalized spacial score (nSPS) is 39.3. The van der Waals surface area contributed by atoms with Gasteiger partial charge < -0.3 is 20.0 Å². The van der Waals surface area contributed by atoms with E-state index in [9.17, 15) is 19.1 Å². The van der Waals surface area contributed by atoms with Crippen LogP contribution in [0.1, 0.15) is 63.4 Å². The quantitative estimate of drug-likeness (QED) is 0.256. The second-order valence-electron chi connectivity index (χ2n) is 12.8. The highest BCUT2D eigenvalue weighted by atomic mass is 32.1. The van der Waals surface area contributed by atoms with Crippen molar-refractivity contribution in [3.8, 4) is 0 Å². The van der Waals surface area contributed by atoms with E-state index in [1.165, 1.54) is 24.1 Å². The summed E-state index contributed by atoms with van der Waals surface area (Å²) in [5.41, 5.74) is 6.60. The van der Waals surface area contributed by atoms with Crippen molar-refractivity contribution in [1.82, 2.24) is 9.97 Å². The predicted octanol–water partition coefficient (Wildman–Crippen LogP) is 4.97. The number of hydrogen-bond donors (Lipinski definition) is 3. The maximum Gasteiger partial charge on any atom is 0.361 e. The van der Waals surface area contributed by atoms with Crippen molar-refractivity contribution in [1.29, 1.82) is 0 Å². The zero-order valence-electron chi connectivity index (χ0n) is 23.8. The van der Waals surface area contributed by atoms with Gasteiger partial charge in [0.1, 0.15) is 6.26 Å². The number of esters is 1. The van der Waals surface area contributed by atoms with E-state index in [2.05, 4.69) is 35.6 Å². The lowest BCUT2D eigenvalue weighted by Crippen LogP contribution is -2.63. The molecular formula is C31H35FN4O5S. The molecule has 0 spiro atoms. The Hall–Kier alpha value is -3.31. The highest BCUT2D eigenvalue weighted by Crippen LogP contribution is 2.70. The van der Waals surface area contributed by atoms with Gasteiger partial charge in [0.25, 0.3) is 0 Å². The van der Waals surface area contributed by atoms with Gasteiger partial charge in [0.15, 0.2) is 17.7 Å². The summed E-state index contributed by atoms with van der Waals surface area (Å²) >= 11 is 4.29. The molecule has 0 amide bonds. The van der Waals surface area contributed by atoms with Crippen molar-refractivity contribution in [3.63, 3.8) is 0 Å². The van der Waals surface area contributed by atoms with Gasteiger partial charge in [-0.2, -0.15) is 4.39 Å². The number of aliphatic imine (C=N–C) groups is 1. The number of oxazole rings is 1. The Morgan fingerprint density at radius 2 is 2.10 bits per heavy atom. The fourth-order valence-electron chi connectivity index (χ4n) is 9.05. The first-order valence-corrected chi connectivity index (χ1v) is 14.7. The Bertz CT molecular complexity index is 1510. The molecule has 3 fully saturated rings. The number of thiol groups is 1. The number of ether oxygens (including phenoxy) is 1. The third-order valence-electron chi connectivity index (χ3n) is 10.8. The molecule has 0 bridgehead atoms. The van der Waals surface area contributed by atoms with Gasteiger partial charge >= 0.3 is 5.97 Å². The van der Waals surface area contributed by atoms with Crippen LogP contribution in [0.15, 0.2) is 63.8 Å². The summed E-state index contributed by atoms with van der Waals surface area (Å²) in [6, 6.07) is 2.84. The van der Waals surface area contributed by atoms with E-state index in [-0.39, 0.29) is 35.8 Å². The fourth-order valence-corrected chi connectivity index (χ4v) is 9.58. The molecule has 0 radical (unpaired) electrons. The second-order valence-corrected chi connectivity index (χ2v) is 13.2. The van der Waals surface area contributed by atoms with Crippen molar-refractivity contribution < 1.29 is 28.2 Å². The van der Waals surface area contributed by atoms with Crippen LogP contribution in [0.5, 0.6) is 0 Å². The predicted molar refractivity (Wildman–Crippen MR) is 155 cm³/mol. The number of fused-ring (bicyclic) bond motifs is 5. The Kier molecular flexibility index (Phi) is 6.96. The Labute approximate surface area is 248 Å². The van der Waals surface area contributed by atoms with E-state index in [4.69, 9.17) is 19.9 Å². The number of nitrogens with two attached hydrogens (primary N) is 1. The van der Waals surface area contributed by atoms with Gasteiger partial charge in [0.2, 0.25) is 11.1 Å². The smallest absolute Gasteiger partial charge is 0.361 e. The molecular weight excluding hydrogens is 559 g/mol. The fraction of sp³-hybridized carbons (Fsp3) is 0.516. The summed E-state index contributed by atoms with van der Waals surface area (Å²) in [6.45, 7) is 6.07. The van der Waals surface area contributed by atoms with E-state index in [1.54, 1.807) is 12.3 Å². The molecule has 222 valence electrons. The lowest BCUT2D eigenvalue weighted by molar-refractivity contribution is -0.179. The van der Waals surface area contributed by atoms with Crippen LogP contribution in [-0.2, 0) is 9.53 Å². The first-order valence-electron chi connectivity index (χ1n) is 14.3. The summed E-state index contributed by atoms with van der Waals surface area (Å²) < 4.78 is 24.4. The summed E-state index contributed by atoms with van der Waals surface area (Å²) in [5.74, 6) is -1.67. The average Bonchev–Trinajstić information content (AvgIpc) is 3.56. The van der Waals surface area contributed by atoms with Crippen LogP contribution in [0.25, 0.3) is 0 Å². The van der Waals surface area contributed by atoms with Crippen LogP contribution in [0.2, 0.25) is 0 Å². The van der Waals surface area contributed by atoms with Crippen LogP contribution < -0.4 is 5.73 Å². The second kappa shape index (κ2) is 10.2. The third kappa shape index (κ3) is 4.11. The van der Waals surface area contributed by atoms with E-state index < -0.39 is 39.6 Å². The summed E-state index contributed by atoms with van der Waals surface area (Å²) in [4.78, 5) is 38.8. The van der Waals surface area contributed by atoms with Gasteiger partial charge in [-0.15, -0.1) is 12.6 Å². The molecule has 6 rings (SSSR count). The number of carbonyl (C=O) groups excluding carboxylic acids is 2. The number of nitrogens with zero attached hydrogens (tertiary/aromatic N) is 3. The number of rotatable bonds is 4. The number of hydrogen-bond acceptors (Lipinski definition) is 9. The van der Waals surface area contributed by atoms with Crippen molar-refractivity contribution >= 4 is 35.1 Å². The van der Waals surface area contributed by atoms with E-state index >= 15 is 0 Å². The molecule has 0 aromatic carbocycles. The SMILES string of the molecule is C[C@@H]1CC2[C@@H]3CCC4=CC(=Nc5ccc(F)nc5)C(=CN)C[C@]4(C)C3C(O)C[C@]2(C)[C@@]1(OC(=O)c1cocn1)C(=O)S. The maximum absolute atomic E-state index is 13.4. The number of aromatic nitrogens is 2. The molecule has 4 aliphatic carbocycles. The van der Waals surface area contributed by atoms with Gasteiger partial charge in [-0.1, -0.05) is 26.3 Å². The number of allylic oxidation sites excluding steroid dienone is 3. The van der Waals surface area contributed by atoms with Gasteiger partial charge in [-0.3, -0.25) is 4.79 Å². The van der Waals surface area contributed by atoms with Gasteiger partial charge in [-0.05, 0) is 85.3 Å². The molecule has 4 aliphatic rings. The third-order valence-corrected chi connectivity index (χ3v) is 11.1. The van der Waals surface area contributed by atoms with Crippen molar-refractivity contribution in [3.05, 3.63) is 66.1 Å². The van der Waals surface area contributed by atoms with Crippen molar-refractivity contribution in [2.24, 2.45) is 45.2 Å². The molecule has 2 aromatic heterocycles. The first kappa shape index (κ1) is 28.8. The van der Waals surface area contributed by atoms with Crippen molar-refractivity contribution in [2.75, 3.05) is 0 Å². The number of halogens is 1. The van der Waals surface area contributed by atoms with Crippen LogP contribution in [0.3, 0.4) is 0 Å². The lowest BCUT2D eigenvalue weighted by atomic mass is 9.45. The number of carbonyl (C=O) groups is 2. The summed E-state index contributed by atoms with van der Waals surface area (Å²) in [6.07, 6.45) is 9.65. The molecule has 3 N–H and O–H groups in total. The Morgan fingerprint density at radius 3 is 2.74 bits per heavy atom. The van der Waals surface area contributed by atoms with Crippen LogP contribution >= 0.6 is 12.6 Å². The highest BCUT2D eigenvalue weighted by molar-refractivity contribution is 7.96. The van der Waals surface area contributed by atoms with Gasteiger partial charge in [0, 0.05) is 11.3 Å². The van der Waals surface area contributed by atoms with Crippen molar-refractivity contribution in [2.45, 2.75) is 64.6 Å². The molecule has 11 heteroatoms. The molecule has 0 aliphatic heterocycles. The minimum absolute atomic E-state index is 0.00569. The number of aliphatic hydroxyl groups is 1. The zero-order chi connectivity index (χ0) is 30.0. The maximum atomic E-state index is 13.4. The summed E-state index contributed by atoms with van der Waals surface area (Å²) in [7, 11) is 0. The molecule has 8 atom stereocenters. The molecule has 0 saturated heterocycles. The highest BCUT2D eigenvalue weighted by Gasteiger charge is 2.72.